The van der Waals surface area contributed by atoms with Gasteiger partial charge in [0.05, 0.1) is 21.6 Å². The molecule has 0 radical (unpaired) electrons. The third-order valence-corrected chi connectivity index (χ3v) is 5.97. The van der Waals surface area contributed by atoms with E-state index >= 15 is 0 Å². The Morgan fingerprint density at radius 1 is 0.970 bits per heavy atom. The Morgan fingerprint density at radius 3 is 2.06 bits per heavy atom. The van der Waals surface area contributed by atoms with Crippen molar-refractivity contribution in [2.75, 3.05) is 4.72 Å². The number of ether oxygens (including phenoxy) is 1. The topological polar surface area (TPSA) is 139 Å². The van der Waals surface area contributed by atoms with E-state index in [9.17, 15) is 27.9 Å². The molecule has 9 nitrogen and oxygen atoms in total. The van der Waals surface area contributed by atoms with Gasteiger partial charge in [0.1, 0.15) is 11.8 Å². The van der Waals surface area contributed by atoms with E-state index in [0.29, 0.717) is 0 Å². The van der Waals surface area contributed by atoms with E-state index < -0.39 is 39.3 Å². The highest BCUT2D eigenvalue weighted by molar-refractivity contribution is 7.92. The molecule has 0 aliphatic carbocycles. The zero-order valence-electron chi connectivity index (χ0n) is 19.1. The van der Waals surface area contributed by atoms with Crippen molar-refractivity contribution in [3.05, 3.63) is 54.1 Å². The number of esters is 1. The molecule has 0 spiro atoms. The van der Waals surface area contributed by atoms with Crippen LogP contribution in [0.4, 0.5) is 5.69 Å². The molecule has 10 heteroatoms. The molecule has 0 aromatic heterocycles. The first-order chi connectivity index (χ1) is 15.2. The van der Waals surface area contributed by atoms with Crippen LogP contribution >= 0.6 is 0 Å². The van der Waals surface area contributed by atoms with Crippen molar-refractivity contribution in [3.63, 3.8) is 0 Å². The van der Waals surface area contributed by atoms with Crippen LogP contribution in [0.25, 0.3) is 0 Å². The van der Waals surface area contributed by atoms with E-state index in [4.69, 9.17) is 4.74 Å². The average Bonchev–Trinajstić information content (AvgIpc) is 2.71. The monoisotopic (exact) mass is 476 g/mol. The van der Waals surface area contributed by atoms with Crippen LogP contribution in [0.5, 0.6) is 5.75 Å². The molecule has 0 bridgehead atoms. The molecule has 178 valence electrons. The van der Waals surface area contributed by atoms with Crippen LogP contribution in [0, 0.1) is 11.3 Å². The summed E-state index contributed by atoms with van der Waals surface area (Å²) in [5, 5.41) is 11.7. The van der Waals surface area contributed by atoms with E-state index in [1.165, 1.54) is 42.5 Å². The summed E-state index contributed by atoms with van der Waals surface area (Å²) in [7, 11) is -4.09. The van der Waals surface area contributed by atoms with Gasteiger partial charge in [-0.2, -0.15) is 0 Å². The minimum absolute atomic E-state index is 0.00821. The number of hydrogen-bond donors (Lipinski definition) is 3. The molecular formula is C23H28N2O7S. The third-order valence-electron chi connectivity index (χ3n) is 4.59. The van der Waals surface area contributed by atoms with E-state index in [-0.39, 0.29) is 27.8 Å². The molecule has 1 atom stereocenters. The first-order valence-electron chi connectivity index (χ1n) is 10.2. The number of carbonyl (C=O) groups excluding carboxylic acids is 2. The fourth-order valence-electron chi connectivity index (χ4n) is 2.65. The van der Waals surface area contributed by atoms with Gasteiger partial charge in [-0.1, -0.05) is 26.0 Å². The lowest BCUT2D eigenvalue weighted by molar-refractivity contribution is -0.143. The molecule has 0 aliphatic heterocycles. The van der Waals surface area contributed by atoms with Crippen LogP contribution < -0.4 is 14.8 Å². The molecule has 0 heterocycles. The Labute approximate surface area is 193 Å². The molecule has 0 aliphatic rings. The smallest absolute Gasteiger partial charge is 0.326 e. The minimum atomic E-state index is -4.09. The molecule has 2 aromatic rings. The highest BCUT2D eigenvalue weighted by atomic mass is 32.2. The lowest BCUT2D eigenvalue weighted by Crippen LogP contribution is -2.44. The Bertz CT molecular complexity index is 1130. The summed E-state index contributed by atoms with van der Waals surface area (Å²) in [5.74, 6) is -2.55. The predicted molar refractivity (Wildman–Crippen MR) is 123 cm³/mol. The summed E-state index contributed by atoms with van der Waals surface area (Å²) in [4.78, 5) is 36.0. The van der Waals surface area contributed by atoms with Gasteiger partial charge in [0.15, 0.2) is 0 Å². The number of rotatable bonds is 8. The van der Waals surface area contributed by atoms with E-state index in [1.54, 1.807) is 40.7 Å². The number of carboxylic acid groups (broad SMARTS) is 1. The number of carboxylic acids is 1. The second-order valence-electron chi connectivity index (χ2n) is 8.80. The zero-order valence-corrected chi connectivity index (χ0v) is 19.9. The minimum Gasteiger partial charge on any atom is -0.480 e. The number of amides is 1. The molecule has 1 amide bonds. The van der Waals surface area contributed by atoms with E-state index in [2.05, 4.69) is 10.0 Å². The Balaban J connectivity index is 2.24. The molecular weight excluding hydrogens is 448 g/mol. The van der Waals surface area contributed by atoms with E-state index in [1.807, 2.05) is 0 Å². The molecule has 0 fully saturated rings. The molecule has 2 rings (SSSR count). The standard InChI is InChI=1S/C23H28N2O7S/c1-14(2)19(21(27)28)24-20(26)17-8-6-7-9-18(17)25-33(30,31)16-12-10-15(11-13-16)32-22(29)23(3,4)5/h6-14,19,25H,1-5H3,(H,24,26)(H,27,28)/t19-/m1/s1. The van der Waals surface area contributed by atoms with Crippen LogP contribution in [0.15, 0.2) is 53.4 Å². The second kappa shape index (κ2) is 10.0. The first kappa shape index (κ1) is 25.9. The molecule has 2 aromatic carbocycles. The number of anilines is 1. The summed E-state index contributed by atoms with van der Waals surface area (Å²) in [6.45, 7) is 8.40. The molecule has 33 heavy (non-hydrogen) atoms. The fraction of sp³-hybridized carbons (Fsp3) is 0.348. The zero-order chi connectivity index (χ0) is 25.0. The summed E-state index contributed by atoms with van der Waals surface area (Å²) < 4.78 is 33.3. The molecule has 0 saturated heterocycles. The van der Waals surface area contributed by atoms with Crippen molar-refractivity contribution >= 4 is 33.6 Å². The van der Waals surface area contributed by atoms with Gasteiger partial charge < -0.3 is 15.2 Å². The summed E-state index contributed by atoms with van der Waals surface area (Å²) >= 11 is 0. The number of nitrogens with one attached hydrogen (secondary N) is 2. The highest BCUT2D eigenvalue weighted by Crippen LogP contribution is 2.24. The highest BCUT2D eigenvalue weighted by Gasteiger charge is 2.26. The number of hydrogen-bond acceptors (Lipinski definition) is 6. The number of benzene rings is 2. The van der Waals surface area contributed by atoms with Gasteiger partial charge >= 0.3 is 11.9 Å². The molecule has 3 N–H and O–H groups in total. The van der Waals surface area contributed by atoms with Gasteiger partial charge in [-0.05, 0) is 63.1 Å². The number of para-hydroxylation sites is 1. The van der Waals surface area contributed by atoms with Crippen molar-refractivity contribution in [1.29, 1.82) is 0 Å². The van der Waals surface area contributed by atoms with Gasteiger partial charge in [0.2, 0.25) is 0 Å². The van der Waals surface area contributed by atoms with Crippen LogP contribution in [-0.4, -0.2) is 37.4 Å². The van der Waals surface area contributed by atoms with Gasteiger partial charge in [-0.25, -0.2) is 13.2 Å². The maximum Gasteiger partial charge on any atom is 0.326 e. The van der Waals surface area contributed by atoms with Gasteiger partial charge in [-0.3, -0.25) is 14.3 Å². The van der Waals surface area contributed by atoms with Gasteiger partial charge in [-0.15, -0.1) is 0 Å². The van der Waals surface area contributed by atoms with Crippen LogP contribution in [0.3, 0.4) is 0 Å². The van der Waals surface area contributed by atoms with Crippen molar-refractivity contribution in [3.8, 4) is 5.75 Å². The molecule has 0 unspecified atom stereocenters. The van der Waals surface area contributed by atoms with E-state index in [0.717, 1.165) is 0 Å². The lowest BCUT2D eigenvalue weighted by Gasteiger charge is -2.19. The average molecular weight is 477 g/mol. The SMILES string of the molecule is CC(C)[C@@H](NC(=O)c1ccccc1NS(=O)(=O)c1ccc(OC(=O)C(C)(C)C)cc1)C(=O)O. The van der Waals surface area contributed by atoms with Crippen molar-refractivity contribution in [2.45, 2.75) is 45.6 Å². The Hall–Kier alpha value is -3.40. The predicted octanol–water partition coefficient (Wildman–Crippen LogP) is 3.28. The maximum atomic E-state index is 12.9. The summed E-state index contributed by atoms with van der Waals surface area (Å²) in [6.07, 6.45) is 0. The third kappa shape index (κ3) is 6.79. The summed E-state index contributed by atoms with van der Waals surface area (Å²) in [6, 6.07) is 10.00. The fourth-order valence-corrected chi connectivity index (χ4v) is 3.73. The van der Waals surface area contributed by atoms with Gasteiger partial charge in [0, 0.05) is 0 Å². The second-order valence-corrected chi connectivity index (χ2v) is 10.5. The molecule has 0 saturated carbocycles. The number of carbonyl (C=O) groups is 3. The Kier molecular flexibility index (Phi) is 7.86. The van der Waals surface area contributed by atoms with Crippen LogP contribution in [-0.2, 0) is 19.6 Å². The largest absolute Gasteiger partial charge is 0.480 e. The number of sulfonamides is 1. The van der Waals surface area contributed by atoms with Gasteiger partial charge in [0.25, 0.3) is 15.9 Å². The maximum absolute atomic E-state index is 12.9. The van der Waals surface area contributed by atoms with Crippen molar-refractivity contribution < 1.29 is 32.6 Å². The Morgan fingerprint density at radius 2 is 1.55 bits per heavy atom. The lowest BCUT2D eigenvalue weighted by atomic mass is 9.97. The van der Waals surface area contributed by atoms with Crippen molar-refractivity contribution in [2.24, 2.45) is 11.3 Å². The van der Waals surface area contributed by atoms with Crippen molar-refractivity contribution in [1.82, 2.24) is 5.32 Å². The van der Waals surface area contributed by atoms with Crippen LogP contribution in [0.2, 0.25) is 0 Å². The normalized spacial score (nSPS) is 12.7. The quantitative estimate of drug-likeness (QED) is 0.392. The summed E-state index contributed by atoms with van der Waals surface area (Å²) in [5.41, 5.74) is -0.749. The number of aliphatic carboxylic acids is 1. The van der Waals surface area contributed by atoms with Crippen LogP contribution in [0.1, 0.15) is 45.0 Å². The first-order valence-corrected chi connectivity index (χ1v) is 11.7.